The van der Waals surface area contributed by atoms with Crippen molar-refractivity contribution < 1.29 is 14.6 Å². The standard InChI is InChI=1S/C28H34O3S.5CH4/c1-17(2)28(30)14-13-24-23-11-7-19-15-20(29)8-12-22(19)25(23)26(31-16-27(24,28)3)18-5-9-21(32-4)10-6-18;;;;;/h5-6,9-10,15,23-24,26,30H,1,7-8,11-14,16H2,2-4H3;5*1H4/t23?,24?,26-,27+,28-;;;;;/m1...../s1. The zero-order valence-corrected chi connectivity index (χ0v) is 20.3. The molecule has 5 rings (SSSR count). The van der Waals surface area contributed by atoms with Crippen molar-refractivity contribution in [2.24, 2.45) is 17.3 Å². The fraction of sp³-hybridized carbons (Fsp3) is 0.606. The van der Waals surface area contributed by atoms with Crippen molar-refractivity contribution in [1.29, 1.82) is 0 Å². The Morgan fingerprint density at radius 2 is 1.70 bits per heavy atom. The van der Waals surface area contributed by atoms with E-state index in [0.29, 0.717) is 24.9 Å². The Bertz CT molecular complexity index is 1020. The van der Waals surface area contributed by atoms with Crippen molar-refractivity contribution in [3.63, 3.8) is 0 Å². The molecule has 4 aliphatic rings. The summed E-state index contributed by atoms with van der Waals surface area (Å²) in [5.41, 5.74) is 4.72. The van der Waals surface area contributed by atoms with Crippen LogP contribution < -0.4 is 0 Å². The topological polar surface area (TPSA) is 46.5 Å². The van der Waals surface area contributed by atoms with E-state index < -0.39 is 5.60 Å². The summed E-state index contributed by atoms with van der Waals surface area (Å²) in [5, 5.41) is 11.8. The summed E-state index contributed by atoms with van der Waals surface area (Å²) < 4.78 is 6.79. The smallest absolute Gasteiger partial charge is 0.156 e. The van der Waals surface area contributed by atoms with Gasteiger partial charge in [0.05, 0.1) is 12.2 Å². The molecule has 0 radical (unpaired) electrons. The number of hydrogen-bond donors (Lipinski definition) is 1. The van der Waals surface area contributed by atoms with Gasteiger partial charge in [-0.25, -0.2) is 0 Å². The average Bonchev–Trinajstić information content (AvgIpc) is 2.97. The summed E-state index contributed by atoms with van der Waals surface area (Å²) in [5.74, 6) is 0.961. The van der Waals surface area contributed by atoms with Gasteiger partial charge in [0.15, 0.2) is 5.78 Å². The number of benzene rings is 1. The van der Waals surface area contributed by atoms with Crippen LogP contribution in [0.2, 0.25) is 0 Å². The SMILES string of the molecule is C.C.C.C.C.C=C(C)[C@]1(O)CCC2C3CCC4=CC(=O)CCC4=C3[C@@H](c3ccc(SC)cc3)OC[C@@]21C. The van der Waals surface area contributed by atoms with E-state index in [1.165, 1.54) is 27.2 Å². The highest BCUT2D eigenvalue weighted by Crippen LogP contribution is 2.63. The molecule has 2 unspecified atom stereocenters. The Morgan fingerprint density at radius 3 is 2.30 bits per heavy atom. The van der Waals surface area contributed by atoms with E-state index in [2.05, 4.69) is 44.0 Å². The van der Waals surface area contributed by atoms with Gasteiger partial charge in [-0.2, -0.15) is 0 Å². The van der Waals surface area contributed by atoms with Crippen LogP contribution in [0.15, 0.2) is 64.1 Å². The minimum absolute atomic E-state index is 0. The summed E-state index contributed by atoms with van der Waals surface area (Å²) in [4.78, 5) is 13.4. The molecule has 2 fully saturated rings. The molecule has 1 saturated carbocycles. The summed E-state index contributed by atoms with van der Waals surface area (Å²) in [6, 6.07) is 8.74. The molecule has 4 heteroatoms. The number of carbonyl (C=O) groups is 1. The van der Waals surface area contributed by atoms with Gasteiger partial charge in [-0.1, -0.05) is 62.8 Å². The zero-order chi connectivity index (χ0) is 22.7. The van der Waals surface area contributed by atoms with E-state index in [1.54, 1.807) is 11.8 Å². The second-order valence-corrected chi connectivity index (χ2v) is 11.3. The highest BCUT2D eigenvalue weighted by atomic mass is 32.2. The van der Waals surface area contributed by atoms with Crippen LogP contribution in [0.4, 0.5) is 0 Å². The summed E-state index contributed by atoms with van der Waals surface area (Å²) in [7, 11) is 0. The lowest BCUT2D eigenvalue weighted by molar-refractivity contribution is -0.114. The van der Waals surface area contributed by atoms with E-state index in [9.17, 15) is 9.90 Å². The third-order valence-corrected chi connectivity index (χ3v) is 9.58. The van der Waals surface area contributed by atoms with E-state index in [1.807, 2.05) is 13.0 Å². The molecule has 0 amide bonds. The Balaban J connectivity index is 0.00000259. The van der Waals surface area contributed by atoms with Gasteiger partial charge in [-0.3, -0.25) is 4.79 Å². The van der Waals surface area contributed by atoms with Crippen LogP contribution in [0.25, 0.3) is 0 Å². The second-order valence-electron chi connectivity index (χ2n) is 10.4. The predicted octanol–water partition coefficient (Wildman–Crippen LogP) is 9.38. The first kappa shape index (κ1) is 35.4. The maximum absolute atomic E-state index is 12.2. The third-order valence-electron chi connectivity index (χ3n) is 8.84. The minimum Gasteiger partial charge on any atom is -0.385 e. The van der Waals surface area contributed by atoms with E-state index in [0.717, 1.165) is 37.7 Å². The largest absolute Gasteiger partial charge is 0.385 e. The molecular formula is C33H54O3S. The van der Waals surface area contributed by atoms with Crippen molar-refractivity contribution in [2.75, 3.05) is 12.9 Å². The fourth-order valence-electron chi connectivity index (χ4n) is 7.02. The number of hydrogen-bond acceptors (Lipinski definition) is 4. The van der Waals surface area contributed by atoms with Crippen LogP contribution in [0.5, 0.6) is 0 Å². The highest BCUT2D eigenvalue weighted by molar-refractivity contribution is 7.98. The molecule has 5 atom stereocenters. The van der Waals surface area contributed by atoms with Gasteiger partial charge < -0.3 is 9.84 Å². The first-order chi connectivity index (χ1) is 15.3. The van der Waals surface area contributed by atoms with Crippen LogP contribution >= 0.6 is 11.8 Å². The van der Waals surface area contributed by atoms with Gasteiger partial charge in [-0.15, -0.1) is 11.8 Å². The summed E-state index contributed by atoms with van der Waals surface area (Å²) in [6.45, 7) is 8.88. The summed E-state index contributed by atoms with van der Waals surface area (Å²) >= 11 is 1.74. The lowest BCUT2D eigenvalue weighted by atomic mass is 9.61. The van der Waals surface area contributed by atoms with E-state index in [4.69, 9.17) is 4.74 Å². The molecule has 3 nitrogen and oxygen atoms in total. The molecule has 1 heterocycles. The molecule has 1 aromatic rings. The monoisotopic (exact) mass is 530 g/mol. The molecule has 1 aromatic carbocycles. The fourth-order valence-corrected chi connectivity index (χ4v) is 7.43. The molecule has 210 valence electrons. The molecule has 0 aromatic heterocycles. The molecule has 1 saturated heterocycles. The lowest BCUT2D eigenvalue weighted by Gasteiger charge is -2.45. The van der Waals surface area contributed by atoms with Crippen molar-refractivity contribution in [2.45, 2.75) is 106 Å². The quantitative estimate of drug-likeness (QED) is 0.312. The zero-order valence-electron chi connectivity index (χ0n) is 19.4. The Kier molecular flexibility index (Phi) is 12.4. The van der Waals surface area contributed by atoms with Crippen molar-refractivity contribution >= 4 is 17.5 Å². The van der Waals surface area contributed by atoms with Gasteiger partial charge >= 0.3 is 0 Å². The number of aliphatic hydroxyl groups is 1. The van der Waals surface area contributed by atoms with Gasteiger partial charge in [0.25, 0.3) is 0 Å². The molecule has 0 bridgehead atoms. The first-order valence-electron chi connectivity index (χ1n) is 11.9. The molecule has 0 spiro atoms. The molecule has 1 aliphatic heterocycles. The van der Waals surface area contributed by atoms with Gasteiger partial charge in [0.1, 0.15) is 6.10 Å². The lowest BCUT2D eigenvalue weighted by Crippen LogP contribution is -2.49. The predicted molar refractivity (Wildman–Crippen MR) is 163 cm³/mol. The Morgan fingerprint density at radius 1 is 1.05 bits per heavy atom. The minimum atomic E-state index is -0.899. The van der Waals surface area contributed by atoms with Gasteiger partial charge in [0, 0.05) is 16.7 Å². The van der Waals surface area contributed by atoms with Crippen LogP contribution in [0, 0.1) is 17.3 Å². The van der Waals surface area contributed by atoms with Crippen molar-refractivity contribution in [3.05, 3.63) is 64.8 Å². The van der Waals surface area contributed by atoms with Gasteiger partial charge in [-0.05, 0) is 103 Å². The number of ether oxygens (including phenoxy) is 1. The maximum atomic E-state index is 12.2. The third kappa shape index (κ3) is 5.44. The van der Waals surface area contributed by atoms with E-state index >= 15 is 0 Å². The Hall–Kier alpha value is -1.62. The van der Waals surface area contributed by atoms with Crippen molar-refractivity contribution in [1.82, 2.24) is 0 Å². The summed E-state index contributed by atoms with van der Waals surface area (Å²) in [6.07, 6.45) is 8.96. The van der Waals surface area contributed by atoms with Crippen LogP contribution in [0.1, 0.15) is 101 Å². The number of fused-ring (bicyclic) bond motifs is 4. The van der Waals surface area contributed by atoms with Crippen molar-refractivity contribution in [3.8, 4) is 0 Å². The average molecular weight is 531 g/mol. The Labute approximate surface area is 232 Å². The number of rotatable bonds is 3. The van der Waals surface area contributed by atoms with Gasteiger partial charge in [0.2, 0.25) is 0 Å². The maximum Gasteiger partial charge on any atom is 0.156 e. The first-order valence-corrected chi connectivity index (χ1v) is 13.1. The molecule has 1 N–H and O–H groups in total. The highest BCUT2D eigenvalue weighted by Gasteiger charge is 2.61. The van der Waals surface area contributed by atoms with Crippen LogP contribution in [-0.2, 0) is 9.53 Å². The molecule has 3 aliphatic carbocycles. The second kappa shape index (κ2) is 13.0. The number of thioether (sulfide) groups is 1. The number of allylic oxidation sites excluding steroid dienone is 3. The van der Waals surface area contributed by atoms with Crippen LogP contribution in [-0.4, -0.2) is 29.4 Å². The normalized spacial score (nSPS) is 31.7. The number of carbonyl (C=O) groups excluding carboxylic acids is 1. The molecule has 37 heavy (non-hydrogen) atoms. The number of ketones is 1. The van der Waals surface area contributed by atoms with E-state index in [-0.39, 0.29) is 54.4 Å². The molecular weight excluding hydrogens is 476 g/mol. The van der Waals surface area contributed by atoms with Crippen LogP contribution in [0.3, 0.4) is 0 Å².